The third-order valence-corrected chi connectivity index (χ3v) is 5.90. The van der Waals surface area contributed by atoms with Crippen LogP contribution in [0.1, 0.15) is 23.2 Å². The SMILES string of the molecule is O=C(Nc1nc2ccccc2s1)[C@H]1CCCN(C(=O)c2ccc(Cl)cc2)C1. The molecule has 1 aromatic heterocycles. The Morgan fingerprint density at radius 1 is 1.15 bits per heavy atom. The third kappa shape index (κ3) is 3.96. The van der Waals surface area contributed by atoms with Gasteiger partial charge in [0, 0.05) is 23.7 Å². The molecular formula is C20H18ClN3O2S. The van der Waals surface area contributed by atoms with E-state index in [1.807, 2.05) is 24.3 Å². The first-order chi connectivity index (χ1) is 13.1. The van der Waals surface area contributed by atoms with E-state index in [1.165, 1.54) is 11.3 Å². The van der Waals surface area contributed by atoms with Gasteiger partial charge in [0.2, 0.25) is 5.91 Å². The molecule has 3 aromatic rings. The van der Waals surface area contributed by atoms with Crippen LogP contribution in [0.2, 0.25) is 5.02 Å². The van der Waals surface area contributed by atoms with Crippen LogP contribution >= 0.6 is 22.9 Å². The number of rotatable bonds is 3. The number of piperidine rings is 1. The normalized spacial score (nSPS) is 17.1. The number of hydrogen-bond donors (Lipinski definition) is 1. The second kappa shape index (κ2) is 7.66. The summed E-state index contributed by atoms with van der Waals surface area (Å²) in [5.41, 5.74) is 1.47. The molecule has 0 spiro atoms. The van der Waals surface area contributed by atoms with E-state index in [-0.39, 0.29) is 17.7 Å². The van der Waals surface area contributed by atoms with Gasteiger partial charge in [-0.25, -0.2) is 4.98 Å². The predicted octanol–water partition coefficient (Wildman–Crippen LogP) is 4.44. The molecule has 138 valence electrons. The van der Waals surface area contributed by atoms with E-state index >= 15 is 0 Å². The molecule has 0 saturated carbocycles. The number of likely N-dealkylation sites (tertiary alicyclic amines) is 1. The zero-order chi connectivity index (χ0) is 18.8. The summed E-state index contributed by atoms with van der Waals surface area (Å²) in [6.45, 7) is 1.07. The highest BCUT2D eigenvalue weighted by atomic mass is 35.5. The zero-order valence-electron chi connectivity index (χ0n) is 14.5. The molecule has 7 heteroatoms. The lowest BCUT2D eigenvalue weighted by molar-refractivity contribution is -0.121. The molecule has 1 atom stereocenters. The van der Waals surface area contributed by atoms with Gasteiger partial charge < -0.3 is 10.2 Å². The van der Waals surface area contributed by atoms with Crippen LogP contribution in [-0.4, -0.2) is 34.8 Å². The van der Waals surface area contributed by atoms with Crippen molar-refractivity contribution in [3.63, 3.8) is 0 Å². The van der Waals surface area contributed by atoms with Gasteiger partial charge in [-0.3, -0.25) is 9.59 Å². The highest BCUT2D eigenvalue weighted by Gasteiger charge is 2.29. The first-order valence-corrected chi connectivity index (χ1v) is 10.0. The van der Waals surface area contributed by atoms with Gasteiger partial charge in [0.15, 0.2) is 5.13 Å². The Bertz CT molecular complexity index is 953. The fourth-order valence-corrected chi connectivity index (χ4v) is 4.28. The van der Waals surface area contributed by atoms with Gasteiger partial charge in [-0.15, -0.1) is 0 Å². The summed E-state index contributed by atoms with van der Waals surface area (Å²) in [5, 5.41) is 4.12. The van der Waals surface area contributed by atoms with E-state index in [2.05, 4.69) is 10.3 Å². The predicted molar refractivity (Wildman–Crippen MR) is 108 cm³/mol. The van der Waals surface area contributed by atoms with Crippen LogP contribution in [0, 0.1) is 5.92 Å². The average molecular weight is 400 g/mol. The van der Waals surface area contributed by atoms with Crippen LogP contribution in [0.15, 0.2) is 48.5 Å². The van der Waals surface area contributed by atoms with E-state index in [0.717, 1.165) is 23.1 Å². The van der Waals surface area contributed by atoms with Gasteiger partial charge >= 0.3 is 0 Å². The standard InChI is InChI=1S/C20H18ClN3O2S/c21-15-9-7-13(8-10-15)19(26)24-11-3-4-14(12-24)18(25)23-20-22-16-5-1-2-6-17(16)27-20/h1-2,5-10,14H,3-4,11-12H2,(H,22,23,25)/t14-/m0/s1. The molecule has 1 aliphatic rings. The maximum absolute atomic E-state index is 12.7. The molecule has 1 aliphatic heterocycles. The maximum Gasteiger partial charge on any atom is 0.253 e. The van der Waals surface area contributed by atoms with Crippen molar-refractivity contribution < 1.29 is 9.59 Å². The summed E-state index contributed by atoms with van der Waals surface area (Å²) in [6.07, 6.45) is 1.57. The molecule has 0 unspecified atom stereocenters. The van der Waals surface area contributed by atoms with Gasteiger partial charge in [-0.1, -0.05) is 35.1 Å². The monoisotopic (exact) mass is 399 g/mol. The summed E-state index contributed by atoms with van der Waals surface area (Å²) in [5.74, 6) is -0.381. The molecule has 0 aliphatic carbocycles. The van der Waals surface area contributed by atoms with Crippen molar-refractivity contribution in [1.29, 1.82) is 0 Å². The van der Waals surface area contributed by atoms with Crippen molar-refractivity contribution in [1.82, 2.24) is 9.88 Å². The Balaban J connectivity index is 1.43. The first-order valence-electron chi connectivity index (χ1n) is 8.81. The number of thiazole rings is 1. The molecule has 1 saturated heterocycles. The van der Waals surface area contributed by atoms with Crippen molar-refractivity contribution in [2.45, 2.75) is 12.8 Å². The topological polar surface area (TPSA) is 62.3 Å². The number of nitrogens with zero attached hydrogens (tertiary/aromatic N) is 2. The number of aromatic nitrogens is 1. The Morgan fingerprint density at radius 2 is 1.93 bits per heavy atom. The molecule has 4 rings (SSSR count). The minimum atomic E-state index is -0.234. The Labute approximate surface area is 166 Å². The van der Waals surface area contributed by atoms with Crippen LogP contribution in [0.5, 0.6) is 0 Å². The maximum atomic E-state index is 12.7. The minimum Gasteiger partial charge on any atom is -0.338 e. The number of para-hydroxylation sites is 1. The number of carbonyl (C=O) groups excluding carboxylic acids is 2. The van der Waals surface area contributed by atoms with Gasteiger partial charge in [-0.05, 0) is 49.2 Å². The summed E-state index contributed by atoms with van der Waals surface area (Å²) in [7, 11) is 0. The Kier molecular flexibility index (Phi) is 5.09. The lowest BCUT2D eigenvalue weighted by Crippen LogP contribution is -2.43. The molecule has 0 radical (unpaired) electrons. The van der Waals surface area contributed by atoms with Gasteiger partial charge in [0.05, 0.1) is 16.1 Å². The second-order valence-corrected chi connectivity index (χ2v) is 8.04. The molecule has 5 nitrogen and oxygen atoms in total. The van der Waals surface area contributed by atoms with E-state index in [0.29, 0.717) is 28.8 Å². The molecular weight excluding hydrogens is 382 g/mol. The lowest BCUT2D eigenvalue weighted by Gasteiger charge is -2.32. The minimum absolute atomic E-state index is 0.0656. The van der Waals surface area contributed by atoms with Crippen molar-refractivity contribution in [3.8, 4) is 0 Å². The molecule has 2 aromatic carbocycles. The van der Waals surface area contributed by atoms with Crippen molar-refractivity contribution in [2.75, 3.05) is 18.4 Å². The van der Waals surface area contributed by atoms with Crippen LogP contribution in [0.4, 0.5) is 5.13 Å². The van der Waals surface area contributed by atoms with Gasteiger partial charge in [0.25, 0.3) is 5.91 Å². The Hall–Kier alpha value is -2.44. The van der Waals surface area contributed by atoms with Crippen LogP contribution < -0.4 is 5.32 Å². The number of amides is 2. The number of nitrogens with one attached hydrogen (secondary N) is 1. The summed E-state index contributed by atoms with van der Waals surface area (Å²) in [4.78, 5) is 31.6. The summed E-state index contributed by atoms with van der Waals surface area (Å²) >= 11 is 7.35. The first kappa shape index (κ1) is 17.9. The molecule has 2 amide bonds. The largest absolute Gasteiger partial charge is 0.338 e. The second-order valence-electron chi connectivity index (χ2n) is 6.57. The van der Waals surface area contributed by atoms with Crippen LogP contribution in [0.25, 0.3) is 10.2 Å². The van der Waals surface area contributed by atoms with Crippen molar-refractivity contribution >= 4 is 50.1 Å². The fourth-order valence-electron chi connectivity index (χ4n) is 3.28. The number of carbonyl (C=O) groups is 2. The smallest absolute Gasteiger partial charge is 0.253 e. The zero-order valence-corrected chi connectivity index (χ0v) is 16.1. The molecule has 2 heterocycles. The summed E-state index contributed by atoms with van der Waals surface area (Å²) in [6, 6.07) is 14.6. The third-order valence-electron chi connectivity index (χ3n) is 4.69. The molecule has 0 bridgehead atoms. The van der Waals surface area contributed by atoms with Crippen molar-refractivity contribution in [2.24, 2.45) is 5.92 Å². The average Bonchev–Trinajstić information content (AvgIpc) is 3.10. The number of halogens is 1. The summed E-state index contributed by atoms with van der Waals surface area (Å²) < 4.78 is 1.04. The van der Waals surface area contributed by atoms with Crippen LogP contribution in [-0.2, 0) is 4.79 Å². The highest BCUT2D eigenvalue weighted by Crippen LogP contribution is 2.27. The van der Waals surface area contributed by atoms with E-state index in [9.17, 15) is 9.59 Å². The number of anilines is 1. The lowest BCUT2D eigenvalue weighted by atomic mass is 9.96. The fraction of sp³-hybridized carbons (Fsp3) is 0.250. The quantitative estimate of drug-likeness (QED) is 0.708. The van der Waals surface area contributed by atoms with E-state index < -0.39 is 0 Å². The number of fused-ring (bicyclic) bond motifs is 1. The van der Waals surface area contributed by atoms with Crippen molar-refractivity contribution in [3.05, 3.63) is 59.1 Å². The van der Waals surface area contributed by atoms with Gasteiger partial charge in [0.1, 0.15) is 0 Å². The molecule has 1 fully saturated rings. The number of hydrogen-bond acceptors (Lipinski definition) is 4. The van der Waals surface area contributed by atoms with Crippen LogP contribution in [0.3, 0.4) is 0 Å². The number of benzene rings is 2. The Morgan fingerprint density at radius 3 is 2.70 bits per heavy atom. The molecule has 1 N–H and O–H groups in total. The van der Waals surface area contributed by atoms with E-state index in [4.69, 9.17) is 11.6 Å². The van der Waals surface area contributed by atoms with Gasteiger partial charge in [-0.2, -0.15) is 0 Å². The van der Waals surface area contributed by atoms with E-state index in [1.54, 1.807) is 29.2 Å². The molecule has 27 heavy (non-hydrogen) atoms. The highest BCUT2D eigenvalue weighted by molar-refractivity contribution is 7.22.